The van der Waals surface area contributed by atoms with Gasteiger partial charge in [0.1, 0.15) is 0 Å². The third kappa shape index (κ3) is 4.03. The van der Waals surface area contributed by atoms with Crippen molar-refractivity contribution in [3.63, 3.8) is 0 Å². The first-order valence-corrected chi connectivity index (χ1v) is 16.7. The molecule has 0 spiro atoms. The van der Waals surface area contributed by atoms with Gasteiger partial charge in [0.05, 0.1) is 0 Å². The summed E-state index contributed by atoms with van der Waals surface area (Å²) in [6.45, 7) is 0. The van der Waals surface area contributed by atoms with Crippen LogP contribution in [0, 0.1) is 0 Å². The normalized spacial score (nSPS) is 11.8. The van der Waals surface area contributed by atoms with E-state index < -0.39 is 0 Å². The maximum Gasteiger partial charge on any atom is -0.00201 e. The maximum absolute atomic E-state index is 2.39. The zero-order chi connectivity index (χ0) is 31.6. The van der Waals surface area contributed by atoms with Crippen LogP contribution in [0.4, 0.5) is 0 Å². The zero-order valence-electron chi connectivity index (χ0n) is 26.3. The molecule has 0 amide bonds. The van der Waals surface area contributed by atoms with Crippen LogP contribution in [0.25, 0.3) is 98.0 Å². The van der Waals surface area contributed by atoms with Gasteiger partial charge < -0.3 is 0 Å². The monoisotopic (exact) mass is 606 g/mol. The van der Waals surface area contributed by atoms with Gasteiger partial charge in [0.15, 0.2) is 0 Å². The predicted octanol–water partition coefficient (Wildman–Crippen LogP) is 13.6. The Balaban J connectivity index is 1.34. The minimum absolute atomic E-state index is 1.24. The van der Waals surface area contributed by atoms with Crippen molar-refractivity contribution in [2.24, 2.45) is 0 Å². The summed E-state index contributed by atoms with van der Waals surface area (Å²) in [7, 11) is 0. The lowest BCUT2D eigenvalue weighted by molar-refractivity contribution is 1.61. The predicted molar refractivity (Wildman–Crippen MR) is 208 cm³/mol. The number of rotatable bonds is 3. The van der Waals surface area contributed by atoms with Crippen LogP contribution in [0.15, 0.2) is 182 Å². The van der Waals surface area contributed by atoms with Crippen molar-refractivity contribution in [2.45, 2.75) is 0 Å². The molecule has 0 aliphatic rings. The topological polar surface area (TPSA) is 0 Å². The Morgan fingerprint density at radius 1 is 0.208 bits per heavy atom. The molecule has 0 N–H and O–H groups in total. The van der Waals surface area contributed by atoms with Gasteiger partial charge in [0.25, 0.3) is 0 Å². The summed E-state index contributed by atoms with van der Waals surface area (Å²) in [6.07, 6.45) is 0. The molecule has 0 heterocycles. The first kappa shape index (κ1) is 26.9. The van der Waals surface area contributed by atoms with Crippen molar-refractivity contribution in [2.75, 3.05) is 0 Å². The fraction of sp³-hybridized carbons (Fsp3) is 0. The highest BCUT2D eigenvalue weighted by molar-refractivity contribution is 6.29. The quantitative estimate of drug-likeness (QED) is 0.139. The van der Waals surface area contributed by atoms with Gasteiger partial charge in [-0.2, -0.15) is 0 Å². The summed E-state index contributed by atoms with van der Waals surface area (Å²) < 4.78 is 0. The number of hydrogen-bond donors (Lipinski definition) is 0. The van der Waals surface area contributed by atoms with E-state index >= 15 is 0 Å². The molecule has 0 radical (unpaired) electrons. The lowest BCUT2D eigenvalue weighted by Crippen LogP contribution is -1.93. The van der Waals surface area contributed by atoms with Gasteiger partial charge in [-0.25, -0.2) is 0 Å². The van der Waals surface area contributed by atoms with Crippen LogP contribution < -0.4 is 0 Å². The molecule has 0 aliphatic heterocycles. The highest BCUT2D eigenvalue weighted by Crippen LogP contribution is 2.47. The summed E-state index contributed by atoms with van der Waals surface area (Å²) in [5.74, 6) is 0. The van der Waals surface area contributed by atoms with E-state index in [0.29, 0.717) is 0 Å². The molecule has 0 aromatic heterocycles. The summed E-state index contributed by atoms with van der Waals surface area (Å²) >= 11 is 0. The van der Waals surface area contributed by atoms with Crippen LogP contribution in [0.1, 0.15) is 0 Å². The second-order valence-electron chi connectivity index (χ2n) is 12.8. The van der Waals surface area contributed by atoms with Gasteiger partial charge in [-0.1, -0.05) is 170 Å². The van der Waals surface area contributed by atoms with E-state index in [-0.39, 0.29) is 0 Å². The summed E-state index contributed by atoms with van der Waals surface area (Å²) in [5, 5.41) is 15.3. The van der Waals surface area contributed by atoms with E-state index in [0.717, 1.165) is 0 Å². The molecular formula is C48H30. The van der Waals surface area contributed by atoms with Crippen LogP contribution >= 0.6 is 0 Å². The van der Waals surface area contributed by atoms with Crippen LogP contribution in [-0.4, -0.2) is 0 Å². The molecule has 0 heteroatoms. The van der Waals surface area contributed by atoms with Gasteiger partial charge in [-0.3, -0.25) is 0 Å². The molecule has 0 nitrogen and oxygen atoms in total. The first-order valence-electron chi connectivity index (χ1n) is 16.7. The fourth-order valence-electron chi connectivity index (χ4n) is 8.10. The average Bonchev–Trinajstić information content (AvgIpc) is 3.16. The Morgan fingerprint density at radius 2 is 0.667 bits per heavy atom. The molecule has 0 saturated heterocycles. The lowest BCUT2D eigenvalue weighted by Gasteiger charge is -2.20. The van der Waals surface area contributed by atoms with Crippen molar-refractivity contribution >= 4 is 64.6 Å². The Hall–Kier alpha value is -6.24. The SMILES string of the molecule is c1ccc(-c2cccc3c4ccccc4c4ccccc4c23)c(-c2ccc3cc4ccccc4cc3c2-c2cccc3ccccc23)c1. The molecule has 0 saturated carbocycles. The second kappa shape index (κ2) is 10.7. The van der Waals surface area contributed by atoms with E-state index in [1.54, 1.807) is 0 Å². The Morgan fingerprint density at radius 3 is 1.40 bits per heavy atom. The minimum Gasteiger partial charge on any atom is -0.0616 e. The van der Waals surface area contributed by atoms with Crippen molar-refractivity contribution in [1.82, 2.24) is 0 Å². The highest BCUT2D eigenvalue weighted by Gasteiger charge is 2.20. The van der Waals surface area contributed by atoms with Gasteiger partial charge in [0.2, 0.25) is 0 Å². The molecule has 48 heavy (non-hydrogen) atoms. The Labute approximate surface area is 279 Å². The summed E-state index contributed by atoms with van der Waals surface area (Å²) in [6, 6.07) is 67.2. The number of benzene rings is 10. The van der Waals surface area contributed by atoms with E-state index in [1.165, 1.54) is 98.0 Å². The van der Waals surface area contributed by atoms with Crippen molar-refractivity contribution in [3.05, 3.63) is 182 Å². The molecule has 10 aromatic rings. The summed E-state index contributed by atoms with van der Waals surface area (Å²) in [4.78, 5) is 0. The van der Waals surface area contributed by atoms with Crippen LogP contribution in [0.5, 0.6) is 0 Å². The molecule has 0 aliphatic carbocycles. The summed E-state index contributed by atoms with van der Waals surface area (Å²) in [5.41, 5.74) is 7.51. The third-order valence-corrected chi connectivity index (χ3v) is 10.2. The molecule has 0 unspecified atom stereocenters. The van der Waals surface area contributed by atoms with E-state index in [9.17, 15) is 0 Å². The van der Waals surface area contributed by atoms with Gasteiger partial charge >= 0.3 is 0 Å². The number of hydrogen-bond acceptors (Lipinski definition) is 0. The molecule has 0 fully saturated rings. The van der Waals surface area contributed by atoms with Crippen molar-refractivity contribution in [3.8, 4) is 33.4 Å². The molecule has 10 aromatic carbocycles. The largest absolute Gasteiger partial charge is 0.0616 e. The van der Waals surface area contributed by atoms with Gasteiger partial charge in [0, 0.05) is 0 Å². The highest BCUT2D eigenvalue weighted by atomic mass is 14.2. The van der Waals surface area contributed by atoms with E-state index in [1.807, 2.05) is 0 Å². The van der Waals surface area contributed by atoms with E-state index in [4.69, 9.17) is 0 Å². The molecular weight excluding hydrogens is 577 g/mol. The van der Waals surface area contributed by atoms with Crippen molar-refractivity contribution in [1.29, 1.82) is 0 Å². The first-order chi connectivity index (χ1) is 23.8. The molecule has 10 rings (SSSR count). The number of fused-ring (bicyclic) bond motifs is 9. The standard InChI is InChI=1S/C48H30/c1-2-15-33-30-46-34(29-32(33)14-1)27-28-45(48(46)41-24-11-16-31-13-3-4-17-35(31)41)40-22-8-7-21-39(40)44-26-12-25-43-38-19-6-5-18-36(38)37-20-9-10-23-42(37)47(43)44/h1-30H. The zero-order valence-corrected chi connectivity index (χ0v) is 26.3. The van der Waals surface area contributed by atoms with E-state index in [2.05, 4.69) is 182 Å². The van der Waals surface area contributed by atoms with Crippen LogP contribution in [0.3, 0.4) is 0 Å². The second-order valence-corrected chi connectivity index (χ2v) is 12.8. The Kier molecular flexibility index (Phi) is 5.98. The molecule has 222 valence electrons. The fourth-order valence-corrected chi connectivity index (χ4v) is 8.10. The Bertz CT molecular complexity index is 2840. The van der Waals surface area contributed by atoms with Gasteiger partial charge in [-0.05, 0) is 110 Å². The van der Waals surface area contributed by atoms with Crippen molar-refractivity contribution < 1.29 is 0 Å². The minimum atomic E-state index is 1.24. The van der Waals surface area contributed by atoms with Crippen LogP contribution in [0.2, 0.25) is 0 Å². The lowest BCUT2D eigenvalue weighted by atomic mass is 9.83. The van der Waals surface area contributed by atoms with Crippen LogP contribution in [-0.2, 0) is 0 Å². The maximum atomic E-state index is 2.39. The molecule has 0 bridgehead atoms. The molecule has 0 atom stereocenters. The average molecular weight is 607 g/mol. The van der Waals surface area contributed by atoms with Gasteiger partial charge in [-0.15, -0.1) is 0 Å². The third-order valence-electron chi connectivity index (χ3n) is 10.2. The smallest absolute Gasteiger partial charge is 0.00201 e.